The first-order valence-electron chi connectivity index (χ1n) is 10.0. The summed E-state index contributed by atoms with van der Waals surface area (Å²) in [5, 5.41) is 12.8. The van der Waals surface area contributed by atoms with Crippen LogP contribution in [0.4, 0.5) is 0 Å². The van der Waals surface area contributed by atoms with E-state index >= 15 is 0 Å². The number of hydrogen-bond donors (Lipinski definition) is 2. The number of phenols is 1. The summed E-state index contributed by atoms with van der Waals surface area (Å²) in [6.07, 6.45) is 4.39. The number of rotatable bonds is 6. The monoisotopic (exact) mass is 375 g/mol. The number of amides is 1. The van der Waals surface area contributed by atoms with Crippen LogP contribution >= 0.6 is 0 Å². The molecule has 0 bridgehead atoms. The van der Waals surface area contributed by atoms with Gasteiger partial charge in [-0.3, -0.25) is 9.69 Å². The zero-order valence-corrected chi connectivity index (χ0v) is 16.8. The SMILES string of the molecule is CCCN1CC2(CCN(C)CC2)CC1C(=O)NCc1ccc(O)c(OC)c1. The van der Waals surface area contributed by atoms with Crippen molar-refractivity contribution in [2.75, 3.05) is 40.3 Å². The maximum absolute atomic E-state index is 13.0. The zero-order valence-electron chi connectivity index (χ0n) is 16.8. The number of phenolic OH excluding ortho intramolecular Hbond substituents is 1. The van der Waals surface area contributed by atoms with Gasteiger partial charge >= 0.3 is 0 Å². The Morgan fingerprint density at radius 3 is 2.78 bits per heavy atom. The summed E-state index contributed by atoms with van der Waals surface area (Å²) in [7, 11) is 3.71. The number of benzene rings is 1. The van der Waals surface area contributed by atoms with E-state index in [1.54, 1.807) is 12.1 Å². The van der Waals surface area contributed by atoms with Crippen LogP contribution in [0.2, 0.25) is 0 Å². The third-order valence-corrected chi connectivity index (χ3v) is 6.18. The Morgan fingerprint density at radius 1 is 1.37 bits per heavy atom. The summed E-state index contributed by atoms with van der Waals surface area (Å²) in [5.41, 5.74) is 1.22. The molecule has 2 fully saturated rings. The molecule has 2 aliphatic rings. The van der Waals surface area contributed by atoms with Crippen LogP contribution in [0, 0.1) is 5.41 Å². The molecule has 0 aliphatic carbocycles. The van der Waals surface area contributed by atoms with Crippen molar-refractivity contribution in [2.45, 2.75) is 45.2 Å². The normalized spacial score (nSPS) is 22.9. The number of carbonyl (C=O) groups is 1. The van der Waals surface area contributed by atoms with E-state index in [1.165, 1.54) is 20.0 Å². The van der Waals surface area contributed by atoms with Gasteiger partial charge in [0, 0.05) is 13.1 Å². The van der Waals surface area contributed by atoms with E-state index in [2.05, 4.69) is 29.1 Å². The maximum Gasteiger partial charge on any atom is 0.237 e. The minimum absolute atomic E-state index is 0.0348. The topological polar surface area (TPSA) is 65.0 Å². The molecule has 0 saturated carbocycles. The molecule has 1 aromatic carbocycles. The lowest BCUT2D eigenvalue weighted by molar-refractivity contribution is -0.125. The van der Waals surface area contributed by atoms with Gasteiger partial charge in [0.2, 0.25) is 5.91 Å². The molecule has 1 atom stereocenters. The maximum atomic E-state index is 13.0. The lowest BCUT2D eigenvalue weighted by Crippen LogP contribution is -2.43. The van der Waals surface area contributed by atoms with Gasteiger partial charge in [0.15, 0.2) is 11.5 Å². The highest BCUT2D eigenvalue weighted by molar-refractivity contribution is 5.82. The minimum Gasteiger partial charge on any atom is -0.504 e. The van der Waals surface area contributed by atoms with Crippen LogP contribution in [0.3, 0.4) is 0 Å². The molecule has 150 valence electrons. The molecule has 2 heterocycles. The smallest absolute Gasteiger partial charge is 0.237 e. The predicted octanol–water partition coefficient (Wildman–Crippen LogP) is 2.21. The quantitative estimate of drug-likeness (QED) is 0.798. The number of likely N-dealkylation sites (tertiary alicyclic amines) is 2. The first-order chi connectivity index (χ1) is 13.0. The lowest BCUT2D eigenvalue weighted by Gasteiger charge is -2.37. The zero-order chi connectivity index (χ0) is 19.4. The second-order valence-electron chi connectivity index (χ2n) is 8.22. The van der Waals surface area contributed by atoms with Crippen molar-refractivity contribution in [2.24, 2.45) is 5.41 Å². The molecule has 3 rings (SSSR count). The molecule has 27 heavy (non-hydrogen) atoms. The molecule has 2 N–H and O–H groups in total. The molecular weight excluding hydrogens is 342 g/mol. The van der Waals surface area contributed by atoms with Gasteiger partial charge in [-0.05, 0) is 75.5 Å². The van der Waals surface area contributed by atoms with Crippen LogP contribution in [0.1, 0.15) is 38.2 Å². The summed E-state index contributed by atoms with van der Waals surface area (Å²) >= 11 is 0. The Balaban J connectivity index is 1.63. The average Bonchev–Trinajstić information content (AvgIpc) is 3.02. The summed E-state index contributed by atoms with van der Waals surface area (Å²) in [5.74, 6) is 0.661. The number of carbonyl (C=O) groups excluding carboxylic acids is 1. The Bertz CT molecular complexity index is 656. The number of methoxy groups -OCH3 is 1. The third kappa shape index (κ3) is 4.55. The molecule has 0 aromatic heterocycles. The molecule has 2 saturated heterocycles. The van der Waals surface area contributed by atoms with Gasteiger partial charge in [0.1, 0.15) is 0 Å². The van der Waals surface area contributed by atoms with Crippen molar-refractivity contribution in [1.29, 1.82) is 0 Å². The second kappa shape index (κ2) is 8.48. The highest BCUT2D eigenvalue weighted by Gasteiger charge is 2.47. The van der Waals surface area contributed by atoms with Gasteiger partial charge in [0.05, 0.1) is 13.2 Å². The molecule has 1 unspecified atom stereocenters. The van der Waals surface area contributed by atoms with Crippen molar-refractivity contribution in [3.8, 4) is 11.5 Å². The van der Waals surface area contributed by atoms with E-state index in [0.29, 0.717) is 17.7 Å². The Kier molecular flexibility index (Phi) is 6.27. The largest absolute Gasteiger partial charge is 0.504 e. The van der Waals surface area contributed by atoms with E-state index in [4.69, 9.17) is 4.74 Å². The van der Waals surface area contributed by atoms with Gasteiger partial charge in [-0.25, -0.2) is 0 Å². The third-order valence-electron chi connectivity index (χ3n) is 6.18. The first-order valence-corrected chi connectivity index (χ1v) is 10.0. The fraction of sp³-hybridized carbons (Fsp3) is 0.667. The number of piperidine rings is 1. The average molecular weight is 376 g/mol. The minimum atomic E-state index is -0.0348. The molecular formula is C21H33N3O3. The molecule has 6 nitrogen and oxygen atoms in total. The Labute approximate surface area is 162 Å². The second-order valence-corrected chi connectivity index (χ2v) is 8.22. The van der Waals surface area contributed by atoms with Gasteiger partial charge in [-0.1, -0.05) is 13.0 Å². The summed E-state index contributed by atoms with van der Waals surface area (Å²) < 4.78 is 5.15. The van der Waals surface area contributed by atoms with Gasteiger partial charge in [0.25, 0.3) is 0 Å². The Morgan fingerprint density at radius 2 is 2.11 bits per heavy atom. The van der Waals surface area contributed by atoms with Crippen molar-refractivity contribution >= 4 is 5.91 Å². The highest BCUT2D eigenvalue weighted by Crippen LogP contribution is 2.43. The fourth-order valence-electron chi connectivity index (χ4n) is 4.52. The number of aromatic hydroxyl groups is 1. The fourth-order valence-corrected chi connectivity index (χ4v) is 4.52. The van der Waals surface area contributed by atoms with Crippen molar-refractivity contribution in [3.05, 3.63) is 23.8 Å². The van der Waals surface area contributed by atoms with E-state index in [9.17, 15) is 9.90 Å². The van der Waals surface area contributed by atoms with Crippen LogP contribution in [-0.4, -0.2) is 67.2 Å². The molecule has 0 radical (unpaired) electrons. The number of hydrogen-bond acceptors (Lipinski definition) is 5. The summed E-state index contributed by atoms with van der Waals surface area (Å²) in [6.45, 7) is 6.89. The van der Waals surface area contributed by atoms with Crippen LogP contribution in [-0.2, 0) is 11.3 Å². The van der Waals surface area contributed by atoms with Crippen LogP contribution in [0.5, 0.6) is 11.5 Å². The molecule has 1 amide bonds. The Hall–Kier alpha value is -1.79. The van der Waals surface area contributed by atoms with E-state index < -0.39 is 0 Å². The number of nitrogens with zero attached hydrogens (tertiary/aromatic N) is 2. The number of nitrogens with one attached hydrogen (secondary N) is 1. The van der Waals surface area contributed by atoms with E-state index in [1.807, 2.05) is 6.07 Å². The van der Waals surface area contributed by atoms with Crippen LogP contribution in [0.25, 0.3) is 0 Å². The summed E-state index contributed by atoms with van der Waals surface area (Å²) in [4.78, 5) is 17.7. The van der Waals surface area contributed by atoms with Crippen LogP contribution in [0.15, 0.2) is 18.2 Å². The highest BCUT2D eigenvalue weighted by atomic mass is 16.5. The summed E-state index contributed by atoms with van der Waals surface area (Å²) in [6, 6.07) is 5.15. The van der Waals surface area contributed by atoms with Crippen molar-refractivity contribution < 1.29 is 14.6 Å². The molecule has 1 aromatic rings. The number of ether oxygens (including phenoxy) is 1. The molecule has 2 aliphatic heterocycles. The first kappa shape index (κ1) is 20.0. The van der Waals surface area contributed by atoms with Crippen molar-refractivity contribution in [3.63, 3.8) is 0 Å². The van der Waals surface area contributed by atoms with Crippen LogP contribution < -0.4 is 10.1 Å². The molecule has 1 spiro atoms. The van der Waals surface area contributed by atoms with Gasteiger partial charge in [-0.15, -0.1) is 0 Å². The van der Waals surface area contributed by atoms with Crippen molar-refractivity contribution in [1.82, 2.24) is 15.1 Å². The van der Waals surface area contributed by atoms with E-state index in [0.717, 1.165) is 44.6 Å². The van der Waals surface area contributed by atoms with Gasteiger partial charge in [-0.2, -0.15) is 0 Å². The lowest BCUT2D eigenvalue weighted by atomic mass is 9.76. The predicted molar refractivity (Wildman–Crippen MR) is 106 cm³/mol. The van der Waals surface area contributed by atoms with Gasteiger partial charge < -0.3 is 20.1 Å². The molecule has 6 heteroatoms. The standard InChI is InChI=1S/C21H33N3O3/c1-4-9-24-15-21(7-10-23(2)11-8-21)13-17(24)20(26)22-14-16-5-6-18(25)19(12-16)27-3/h5-6,12,17,25H,4,7-11,13-15H2,1-3H3,(H,22,26). The van der Waals surface area contributed by atoms with E-state index in [-0.39, 0.29) is 17.7 Å².